The van der Waals surface area contributed by atoms with E-state index in [0.29, 0.717) is 5.92 Å². The van der Waals surface area contributed by atoms with Crippen molar-refractivity contribution in [2.45, 2.75) is 33.1 Å². The molecule has 0 spiro atoms. The molecule has 0 saturated carbocycles. The SMILES string of the molecule is CCc1ccn2ncc(C(C)C)cc12. The quantitative estimate of drug-likeness (QED) is 0.708. The molecule has 0 aliphatic rings. The Hall–Kier alpha value is -1.31. The van der Waals surface area contributed by atoms with Crippen molar-refractivity contribution in [2.24, 2.45) is 0 Å². The second-order valence-corrected chi connectivity index (χ2v) is 3.97. The van der Waals surface area contributed by atoms with Gasteiger partial charge in [-0.2, -0.15) is 5.10 Å². The van der Waals surface area contributed by atoms with Crippen molar-refractivity contribution in [3.8, 4) is 0 Å². The second kappa shape index (κ2) is 3.45. The minimum Gasteiger partial charge on any atom is -0.241 e. The summed E-state index contributed by atoms with van der Waals surface area (Å²) in [5.74, 6) is 0.548. The Morgan fingerprint density at radius 1 is 1.43 bits per heavy atom. The summed E-state index contributed by atoms with van der Waals surface area (Å²) in [5, 5.41) is 4.39. The molecule has 2 heterocycles. The Bertz CT molecular complexity index is 441. The highest BCUT2D eigenvalue weighted by atomic mass is 15.2. The van der Waals surface area contributed by atoms with Crippen molar-refractivity contribution < 1.29 is 0 Å². The predicted octanol–water partition coefficient (Wildman–Crippen LogP) is 3.02. The van der Waals surface area contributed by atoms with Crippen LogP contribution in [-0.2, 0) is 6.42 Å². The molecule has 0 radical (unpaired) electrons. The van der Waals surface area contributed by atoms with Gasteiger partial charge in [-0.15, -0.1) is 0 Å². The Morgan fingerprint density at radius 2 is 2.21 bits per heavy atom. The molecule has 2 aromatic rings. The number of nitrogens with zero attached hydrogens (tertiary/aromatic N) is 2. The maximum Gasteiger partial charge on any atom is 0.0681 e. The fourth-order valence-electron chi connectivity index (χ4n) is 1.67. The van der Waals surface area contributed by atoms with Crippen LogP contribution in [-0.4, -0.2) is 9.61 Å². The third kappa shape index (κ3) is 1.41. The Morgan fingerprint density at radius 3 is 2.86 bits per heavy atom. The van der Waals surface area contributed by atoms with Crippen LogP contribution in [0.2, 0.25) is 0 Å². The molecule has 0 N–H and O–H groups in total. The van der Waals surface area contributed by atoms with Crippen LogP contribution in [0.3, 0.4) is 0 Å². The zero-order valence-corrected chi connectivity index (χ0v) is 8.99. The van der Waals surface area contributed by atoms with Crippen molar-refractivity contribution in [3.63, 3.8) is 0 Å². The molecule has 0 bridgehead atoms. The van der Waals surface area contributed by atoms with Crippen LogP contribution in [0.1, 0.15) is 37.8 Å². The van der Waals surface area contributed by atoms with Crippen LogP contribution in [0.4, 0.5) is 0 Å². The van der Waals surface area contributed by atoms with Gasteiger partial charge in [-0.1, -0.05) is 20.8 Å². The summed E-state index contributed by atoms with van der Waals surface area (Å²) >= 11 is 0. The monoisotopic (exact) mass is 188 g/mol. The summed E-state index contributed by atoms with van der Waals surface area (Å²) < 4.78 is 1.95. The third-order valence-electron chi connectivity index (χ3n) is 2.67. The van der Waals surface area contributed by atoms with Crippen LogP contribution in [0.25, 0.3) is 5.52 Å². The highest BCUT2D eigenvalue weighted by Gasteiger charge is 2.04. The average Bonchev–Trinajstić information content (AvgIpc) is 2.59. The molecule has 0 amide bonds. The minimum absolute atomic E-state index is 0.548. The fourth-order valence-corrected chi connectivity index (χ4v) is 1.67. The summed E-state index contributed by atoms with van der Waals surface area (Å²) in [7, 11) is 0. The van der Waals surface area contributed by atoms with Crippen molar-refractivity contribution >= 4 is 5.52 Å². The molecule has 0 fully saturated rings. The van der Waals surface area contributed by atoms with Gasteiger partial charge < -0.3 is 0 Å². The van der Waals surface area contributed by atoms with E-state index in [2.05, 4.69) is 38.0 Å². The van der Waals surface area contributed by atoms with Crippen LogP contribution < -0.4 is 0 Å². The highest BCUT2D eigenvalue weighted by molar-refractivity contribution is 5.56. The first-order valence-corrected chi connectivity index (χ1v) is 5.18. The standard InChI is InChI=1S/C12H16N2/c1-4-10-5-6-14-12(10)7-11(8-13-14)9(2)3/h5-9H,4H2,1-3H3. The molecule has 2 heteroatoms. The Labute approximate surface area is 84.6 Å². The molecule has 14 heavy (non-hydrogen) atoms. The zero-order valence-electron chi connectivity index (χ0n) is 8.99. The van der Waals surface area contributed by atoms with Crippen molar-refractivity contribution in [1.29, 1.82) is 0 Å². The van der Waals surface area contributed by atoms with Gasteiger partial charge in [0.05, 0.1) is 11.7 Å². The highest BCUT2D eigenvalue weighted by Crippen LogP contribution is 2.18. The lowest BCUT2D eigenvalue weighted by molar-refractivity contribution is 0.830. The van der Waals surface area contributed by atoms with E-state index in [0.717, 1.165) is 6.42 Å². The van der Waals surface area contributed by atoms with Crippen molar-refractivity contribution in [1.82, 2.24) is 9.61 Å². The van der Waals surface area contributed by atoms with Gasteiger partial charge in [-0.25, -0.2) is 4.52 Å². The maximum atomic E-state index is 4.39. The lowest BCUT2D eigenvalue weighted by Gasteiger charge is -2.05. The predicted molar refractivity (Wildman–Crippen MR) is 58.7 cm³/mol. The van der Waals surface area contributed by atoms with Crippen LogP contribution in [0, 0.1) is 0 Å². The van der Waals surface area contributed by atoms with E-state index in [1.54, 1.807) is 0 Å². The van der Waals surface area contributed by atoms with E-state index < -0.39 is 0 Å². The van der Waals surface area contributed by atoms with Gasteiger partial charge in [0.15, 0.2) is 0 Å². The van der Waals surface area contributed by atoms with Gasteiger partial charge in [-0.05, 0) is 35.6 Å². The molecule has 74 valence electrons. The minimum atomic E-state index is 0.548. The van der Waals surface area contributed by atoms with E-state index in [4.69, 9.17) is 0 Å². The lowest BCUT2D eigenvalue weighted by Crippen LogP contribution is -1.95. The first-order valence-electron chi connectivity index (χ1n) is 5.18. The van der Waals surface area contributed by atoms with E-state index >= 15 is 0 Å². The number of hydrogen-bond donors (Lipinski definition) is 0. The third-order valence-corrected chi connectivity index (χ3v) is 2.67. The maximum absolute atomic E-state index is 4.39. The molecule has 0 saturated heterocycles. The molecular weight excluding hydrogens is 172 g/mol. The molecule has 0 atom stereocenters. The topological polar surface area (TPSA) is 17.3 Å². The number of hydrogen-bond acceptors (Lipinski definition) is 1. The van der Waals surface area contributed by atoms with Crippen LogP contribution in [0.15, 0.2) is 24.5 Å². The molecule has 0 aliphatic carbocycles. The summed E-state index contributed by atoms with van der Waals surface area (Å²) in [5.41, 5.74) is 3.93. The number of rotatable bonds is 2. The summed E-state index contributed by atoms with van der Waals surface area (Å²) in [6.07, 6.45) is 5.05. The summed E-state index contributed by atoms with van der Waals surface area (Å²) in [4.78, 5) is 0. The lowest BCUT2D eigenvalue weighted by atomic mass is 10.1. The Kier molecular flexibility index (Phi) is 2.28. The Balaban J connectivity index is 2.61. The molecule has 2 nitrogen and oxygen atoms in total. The van der Waals surface area contributed by atoms with E-state index in [9.17, 15) is 0 Å². The van der Waals surface area contributed by atoms with Gasteiger partial charge in [0, 0.05) is 6.20 Å². The normalized spacial score (nSPS) is 11.4. The summed E-state index contributed by atoms with van der Waals surface area (Å²) in [6.45, 7) is 6.57. The molecular formula is C12H16N2. The second-order valence-electron chi connectivity index (χ2n) is 3.97. The van der Waals surface area contributed by atoms with Gasteiger partial charge in [0.25, 0.3) is 0 Å². The first kappa shape index (κ1) is 9.25. The van der Waals surface area contributed by atoms with E-state index in [1.165, 1.54) is 16.6 Å². The molecule has 0 aromatic carbocycles. The zero-order chi connectivity index (χ0) is 10.1. The van der Waals surface area contributed by atoms with Crippen LogP contribution in [0.5, 0.6) is 0 Å². The van der Waals surface area contributed by atoms with Gasteiger partial charge in [0.2, 0.25) is 0 Å². The summed E-state index contributed by atoms with van der Waals surface area (Å²) in [6, 6.07) is 4.39. The number of fused-ring (bicyclic) bond motifs is 1. The molecule has 0 aliphatic heterocycles. The average molecular weight is 188 g/mol. The number of aryl methyl sites for hydroxylation is 1. The molecule has 2 aromatic heterocycles. The largest absolute Gasteiger partial charge is 0.241 e. The smallest absolute Gasteiger partial charge is 0.0681 e. The van der Waals surface area contributed by atoms with Crippen LogP contribution >= 0.6 is 0 Å². The van der Waals surface area contributed by atoms with E-state index in [1.807, 2.05) is 16.9 Å². The number of aromatic nitrogens is 2. The van der Waals surface area contributed by atoms with Gasteiger partial charge >= 0.3 is 0 Å². The van der Waals surface area contributed by atoms with E-state index in [-0.39, 0.29) is 0 Å². The van der Waals surface area contributed by atoms with Crippen molar-refractivity contribution in [3.05, 3.63) is 35.7 Å². The van der Waals surface area contributed by atoms with Gasteiger partial charge in [-0.3, -0.25) is 0 Å². The molecule has 2 rings (SSSR count). The van der Waals surface area contributed by atoms with Gasteiger partial charge in [0.1, 0.15) is 0 Å². The fraction of sp³-hybridized carbons (Fsp3) is 0.417. The van der Waals surface area contributed by atoms with Crippen molar-refractivity contribution in [2.75, 3.05) is 0 Å². The molecule has 0 unspecified atom stereocenters. The first-order chi connectivity index (χ1) is 6.72.